The van der Waals surface area contributed by atoms with Gasteiger partial charge in [0.25, 0.3) is 0 Å². The van der Waals surface area contributed by atoms with Gasteiger partial charge in [-0.25, -0.2) is 4.79 Å². The molecule has 1 atom stereocenters. The van der Waals surface area contributed by atoms with E-state index in [-0.39, 0.29) is 5.97 Å². The molecule has 0 aromatic heterocycles. The number of benzene rings is 2. The average Bonchev–Trinajstić information content (AvgIpc) is 2.39. The van der Waals surface area contributed by atoms with Gasteiger partial charge in [0, 0.05) is 11.6 Å². The quantitative estimate of drug-likeness (QED) is 0.687. The van der Waals surface area contributed by atoms with Crippen molar-refractivity contribution in [2.75, 3.05) is 12.3 Å². The summed E-state index contributed by atoms with van der Waals surface area (Å²) < 4.78 is 5.43. The summed E-state index contributed by atoms with van der Waals surface area (Å²) in [5.74, 6) is 0.0659. The van der Waals surface area contributed by atoms with Crippen LogP contribution in [0, 0.1) is 6.92 Å². The number of esters is 1. The number of nitrogen functional groups attached to an aromatic ring is 1. The second-order valence-corrected chi connectivity index (χ2v) is 5.27. The minimum atomic E-state index is -0.271. The summed E-state index contributed by atoms with van der Waals surface area (Å²) in [6, 6.07) is 13.5. The maximum atomic E-state index is 12.1. The number of fused-ring (bicyclic) bond motifs is 1. The van der Waals surface area contributed by atoms with Crippen molar-refractivity contribution in [1.29, 1.82) is 0 Å². The minimum Gasteiger partial charge on any atom is -0.461 e. The van der Waals surface area contributed by atoms with Crippen LogP contribution >= 0.6 is 0 Å². The molecule has 1 unspecified atom stereocenters. The Bertz CT molecular complexity index is 664. The number of hydrogen-bond donors (Lipinski definition) is 1. The molecule has 0 bridgehead atoms. The molecule has 0 heterocycles. The Kier molecular flexibility index (Phi) is 3.18. The van der Waals surface area contributed by atoms with Crippen LogP contribution < -0.4 is 5.73 Å². The molecule has 0 saturated carbocycles. The van der Waals surface area contributed by atoms with Gasteiger partial charge >= 0.3 is 5.97 Å². The van der Waals surface area contributed by atoms with E-state index in [2.05, 4.69) is 12.1 Å². The van der Waals surface area contributed by atoms with Gasteiger partial charge in [0.1, 0.15) is 0 Å². The highest BCUT2D eigenvalue weighted by molar-refractivity contribution is 5.91. The highest BCUT2D eigenvalue weighted by Crippen LogP contribution is 2.34. The van der Waals surface area contributed by atoms with Crippen LogP contribution in [-0.4, -0.2) is 12.6 Å². The number of nitrogens with two attached hydrogens (primary N) is 1. The van der Waals surface area contributed by atoms with E-state index in [1.54, 1.807) is 18.2 Å². The number of carbonyl (C=O) groups is 1. The van der Waals surface area contributed by atoms with Crippen LogP contribution in [0.15, 0.2) is 42.5 Å². The molecule has 1 aliphatic carbocycles. The van der Waals surface area contributed by atoms with Gasteiger partial charge in [-0.3, -0.25) is 0 Å². The summed E-state index contributed by atoms with van der Waals surface area (Å²) in [5, 5.41) is 0. The zero-order valence-electron chi connectivity index (χ0n) is 11.4. The Labute approximate surface area is 118 Å². The molecule has 2 aromatic carbocycles. The number of ether oxygens (including phenoxy) is 1. The highest BCUT2D eigenvalue weighted by atomic mass is 16.5. The molecule has 2 aromatic rings. The van der Waals surface area contributed by atoms with Crippen molar-refractivity contribution in [3.8, 4) is 0 Å². The highest BCUT2D eigenvalue weighted by Gasteiger charge is 2.26. The maximum absolute atomic E-state index is 12.1. The third-order valence-electron chi connectivity index (χ3n) is 3.85. The number of carbonyl (C=O) groups excluding carboxylic acids is 1. The van der Waals surface area contributed by atoms with Crippen LogP contribution in [0.2, 0.25) is 0 Å². The predicted molar refractivity (Wildman–Crippen MR) is 78.8 cm³/mol. The van der Waals surface area contributed by atoms with Gasteiger partial charge in [0.05, 0.1) is 12.2 Å². The Hall–Kier alpha value is -2.29. The van der Waals surface area contributed by atoms with Crippen LogP contribution in [0.1, 0.15) is 33.0 Å². The first-order valence-electron chi connectivity index (χ1n) is 6.76. The molecule has 0 spiro atoms. The van der Waals surface area contributed by atoms with E-state index in [1.165, 1.54) is 11.1 Å². The van der Waals surface area contributed by atoms with Gasteiger partial charge < -0.3 is 10.5 Å². The Morgan fingerprint density at radius 2 is 2.10 bits per heavy atom. The fourth-order valence-corrected chi connectivity index (χ4v) is 2.68. The smallest absolute Gasteiger partial charge is 0.338 e. The minimum absolute atomic E-state index is 0.271. The van der Waals surface area contributed by atoms with Crippen LogP contribution in [-0.2, 0) is 11.2 Å². The molecule has 3 heteroatoms. The predicted octanol–water partition coefficient (Wildman–Crippen LogP) is 3.07. The van der Waals surface area contributed by atoms with E-state index in [1.807, 2.05) is 19.1 Å². The molecule has 1 aliphatic rings. The second-order valence-electron chi connectivity index (χ2n) is 5.27. The summed E-state index contributed by atoms with van der Waals surface area (Å²) in [7, 11) is 0. The fraction of sp³-hybridized carbons (Fsp3) is 0.235. The van der Waals surface area contributed by atoms with Crippen LogP contribution in [0.25, 0.3) is 0 Å². The summed E-state index contributed by atoms with van der Waals surface area (Å²) in [6.45, 7) is 2.31. The van der Waals surface area contributed by atoms with Crippen LogP contribution in [0.4, 0.5) is 5.69 Å². The summed E-state index contributed by atoms with van der Waals surface area (Å²) in [5.41, 5.74) is 10.4. The molecular weight excluding hydrogens is 250 g/mol. The molecule has 3 nitrogen and oxygen atoms in total. The zero-order chi connectivity index (χ0) is 14.1. The van der Waals surface area contributed by atoms with Gasteiger partial charge in [0.2, 0.25) is 0 Å². The normalized spacial score (nSPS) is 16.1. The molecule has 20 heavy (non-hydrogen) atoms. The van der Waals surface area contributed by atoms with E-state index in [4.69, 9.17) is 10.5 Å². The lowest BCUT2D eigenvalue weighted by molar-refractivity contribution is 0.0469. The molecule has 0 amide bonds. The van der Waals surface area contributed by atoms with Gasteiger partial charge in [-0.05, 0) is 48.2 Å². The Morgan fingerprint density at radius 3 is 2.85 bits per heavy atom. The Morgan fingerprint density at radius 1 is 1.30 bits per heavy atom. The lowest BCUT2D eigenvalue weighted by atomic mass is 9.78. The van der Waals surface area contributed by atoms with Crippen molar-refractivity contribution in [2.24, 2.45) is 0 Å². The number of anilines is 1. The number of aryl methyl sites for hydroxylation is 1. The molecule has 0 saturated heterocycles. The number of hydrogen-bond acceptors (Lipinski definition) is 3. The topological polar surface area (TPSA) is 52.3 Å². The monoisotopic (exact) mass is 267 g/mol. The third kappa shape index (κ3) is 2.27. The van der Waals surface area contributed by atoms with E-state index in [0.29, 0.717) is 23.8 Å². The van der Waals surface area contributed by atoms with Gasteiger partial charge in [-0.15, -0.1) is 0 Å². The lowest BCUT2D eigenvalue weighted by Crippen LogP contribution is -2.23. The van der Waals surface area contributed by atoms with E-state index >= 15 is 0 Å². The van der Waals surface area contributed by atoms with Crippen LogP contribution in [0.3, 0.4) is 0 Å². The Balaban J connectivity index is 1.64. The molecule has 2 N–H and O–H groups in total. The van der Waals surface area contributed by atoms with Crippen molar-refractivity contribution in [3.05, 3.63) is 64.7 Å². The van der Waals surface area contributed by atoms with Crippen molar-refractivity contribution in [2.45, 2.75) is 19.3 Å². The standard InChI is InChI=1S/C17H17NO2/c1-11-8-14(18)6-7-15(11)17(19)20-10-13-9-12-4-2-3-5-16(12)13/h2-8,13H,9-10,18H2,1H3. The molecule has 0 radical (unpaired) electrons. The van der Waals surface area contributed by atoms with E-state index in [0.717, 1.165) is 12.0 Å². The van der Waals surface area contributed by atoms with Gasteiger partial charge in [0.15, 0.2) is 0 Å². The largest absolute Gasteiger partial charge is 0.461 e. The maximum Gasteiger partial charge on any atom is 0.338 e. The molecule has 3 rings (SSSR count). The van der Waals surface area contributed by atoms with Crippen molar-refractivity contribution in [1.82, 2.24) is 0 Å². The molecule has 102 valence electrons. The first-order valence-corrected chi connectivity index (χ1v) is 6.76. The van der Waals surface area contributed by atoms with E-state index in [9.17, 15) is 4.79 Å². The van der Waals surface area contributed by atoms with Gasteiger partial charge in [-0.1, -0.05) is 24.3 Å². The second kappa shape index (κ2) is 5.00. The third-order valence-corrected chi connectivity index (χ3v) is 3.85. The molecular formula is C17H17NO2. The first kappa shape index (κ1) is 12.7. The van der Waals surface area contributed by atoms with E-state index < -0.39 is 0 Å². The van der Waals surface area contributed by atoms with Crippen molar-refractivity contribution < 1.29 is 9.53 Å². The summed E-state index contributed by atoms with van der Waals surface area (Å²) in [4.78, 5) is 12.1. The van der Waals surface area contributed by atoms with Gasteiger partial charge in [-0.2, -0.15) is 0 Å². The lowest BCUT2D eigenvalue weighted by Gasteiger charge is -2.29. The van der Waals surface area contributed by atoms with Crippen molar-refractivity contribution >= 4 is 11.7 Å². The first-order chi connectivity index (χ1) is 9.65. The number of rotatable bonds is 3. The molecule has 0 aliphatic heterocycles. The average molecular weight is 267 g/mol. The fourth-order valence-electron chi connectivity index (χ4n) is 2.68. The summed E-state index contributed by atoms with van der Waals surface area (Å²) >= 11 is 0. The van der Waals surface area contributed by atoms with Crippen LogP contribution in [0.5, 0.6) is 0 Å². The summed E-state index contributed by atoms with van der Waals surface area (Å²) in [6.07, 6.45) is 0.990. The van der Waals surface area contributed by atoms with Crippen molar-refractivity contribution in [3.63, 3.8) is 0 Å². The zero-order valence-corrected chi connectivity index (χ0v) is 11.4. The SMILES string of the molecule is Cc1cc(N)ccc1C(=O)OCC1Cc2ccccc21. The molecule has 0 fully saturated rings.